The molecule has 1 aromatic carbocycles. The van der Waals surface area contributed by atoms with Crippen LogP contribution in [0.1, 0.15) is 12.5 Å². The summed E-state index contributed by atoms with van der Waals surface area (Å²) in [6, 6.07) is 5.83. The van der Waals surface area contributed by atoms with E-state index in [-0.39, 0.29) is 17.4 Å². The van der Waals surface area contributed by atoms with E-state index in [1.807, 2.05) is 0 Å². The number of carbonyl (C=O) groups is 1. The summed E-state index contributed by atoms with van der Waals surface area (Å²) < 4.78 is 0. The third-order valence-corrected chi connectivity index (χ3v) is 2.36. The summed E-state index contributed by atoms with van der Waals surface area (Å²) >= 11 is 0. The number of anilines is 2. The first-order chi connectivity index (χ1) is 10.0. The Morgan fingerprint density at radius 2 is 1.95 bits per heavy atom. The molecule has 0 aliphatic carbocycles. The van der Waals surface area contributed by atoms with Gasteiger partial charge in [-0.25, -0.2) is 9.97 Å². The lowest BCUT2D eigenvalue weighted by atomic mass is 10.2. The van der Waals surface area contributed by atoms with Gasteiger partial charge in [-0.1, -0.05) is 0 Å². The van der Waals surface area contributed by atoms with Crippen molar-refractivity contribution in [3.8, 4) is 11.5 Å². The van der Waals surface area contributed by atoms with Crippen molar-refractivity contribution in [3.63, 3.8) is 0 Å². The third kappa shape index (κ3) is 4.16. The highest BCUT2D eigenvalue weighted by molar-refractivity contribution is 5.87. The Kier molecular flexibility index (Phi) is 4.30. The van der Waals surface area contributed by atoms with Crippen LogP contribution < -0.4 is 10.7 Å². The number of aromatic hydroxyl groups is 2. The third-order valence-electron chi connectivity index (χ3n) is 2.36. The molecule has 2 aromatic rings. The monoisotopic (exact) mass is 287 g/mol. The van der Waals surface area contributed by atoms with Gasteiger partial charge in [-0.15, -0.1) is 0 Å². The number of benzene rings is 1. The molecule has 1 heterocycles. The minimum atomic E-state index is -0.234. The maximum Gasteiger partial charge on any atom is 0.222 e. The van der Waals surface area contributed by atoms with Crippen LogP contribution in [-0.2, 0) is 4.79 Å². The van der Waals surface area contributed by atoms with Crippen molar-refractivity contribution in [1.29, 1.82) is 0 Å². The first-order valence-corrected chi connectivity index (χ1v) is 5.95. The van der Waals surface area contributed by atoms with E-state index in [0.717, 1.165) is 0 Å². The first kappa shape index (κ1) is 14.3. The highest BCUT2D eigenvalue weighted by Crippen LogP contribution is 2.24. The molecule has 0 fully saturated rings. The van der Waals surface area contributed by atoms with Crippen LogP contribution in [0, 0.1) is 0 Å². The van der Waals surface area contributed by atoms with Crippen molar-refractivity contribution in [3.05, 3.63) is 36.2 Å². The number of aromatic nitrogens is 2. The molecule has 2 rings (SSSR count). The lowest BCUT2D eigenvalue weighted by Gasteiger charge is -2.03. The molecule has 0 aliphatic heterocycles. The molecule has 21 heavy (non-hydrogen) atoms. The fraction of sp³-hybridized carbons (Fsp3) is 0.0769. The minimum absolute atomic E-state index is 0.198. The molecule has 0 unspecified atom stereocenters. The number of phenolic OH excluding ortho intramolecular Hbond substituents is 2. The number of hydrogen-bond donors (Lipinski definition) is 4. The molecule has 0 atom stereocenters. The molecular formula is C13H13N5O3. The molecule has 0 aliphatic rings. The van der Waals surface area contributed by atoms with E-state index in [9.17, 15) is 15.0 Å². The van der Waals surface area contributed by atoms with Gasteiger partial charge < -0.3 is 15.5 Å². The van der Waals surface area contributed by atoms with Crippen LogP contribution in [0.2, 0.25) is 0 Å². The number of hydrogen-bond acceptors (Lipinski definition) is 7. The van der Waals surface area contributed by atoms with Gasteiger partial charge in [0.15, 0.2) is 17.3 Å². The van der Waals surface area contributed by atoms with Crippen LogP contribution in [0.4, 0.5) is 11.6 Å². The SMILES string of the molecule is CC(=O)Nc1cc(NN=Cc2ccc(O)c(O)c2)ncn1. The average molecular weight is 287 g/mol. The zero-order valence-corrected chi connectivity index (χ0v) is 11.1. The van der Waals surface area contributed by atoms with Crippen molar-refractivity contribution in [2.45, 2.75) is 6.92 Å². The number of phenols is 2. The first-order valence-electron chi connectivity index (χ1n) is 5.95. The summed E-state index contributed by atoms with van der Waals surface area (Å²) in [5, 5.41) is 25.0. The lowest BCUT2D eigenvalue weighted by molar-refractivity contribution is -0.114. The number of hydrazone groups is 1. The predicted octanol–water partition coefficient (Wildman–Crippen LogP) is 1.29. The molecule has 1 amide bonds. The van der Waals surface area contributed by atoms with Crippen molar-refractivity contribution in [1.82, 2.24) is 9.97 Å². The van der Waals surface area contributed by atoms with Crippen LogP contribution in [0.25, 0.3) is 0 Å². The van der Waals surface area contributed by atoms with Gasteiger partial charge in [0, 0.05) is 13.0 Å². The summed E-state index contributed by atoms with van der Waals surface area (Å²) in [4.78, 5) is 18.7. The van der Waals surface area contributed by atoms with Crippen LogP contribution in [-0.4, -0.2) is 32.3 Å². The van der Waals surface area contributed by atoms with E-state index < -0.39 is 0 Å². The van der Waals surface area contributed by atoms with Crippen molar-refractivity contribution >= 4 is 23.8 Å². The number of amides is 1. The van der Waals surface area contributed by atoms with E-state index in [4.69, 9.17) is 0 Å². The molecule has 108 valence electrons. The van der Waals surface area contributed by atoms with Gasteiger partial charge in [0.05, 0.1) is 6.21 Å². The van der Waals surface area contributed by atoms with E-state index in [2.05, 4.69) is 25.8 Å². The Labute approximate surface area is 120 Å². The molecule has 0 radical (unpaired) electrons. The second-order valence-electron chi connectivity index (χ2n) is 4.09. The highest BCUT2D eigenvalue weighted by Gasteiger charge is 2.00. The number of rotatable bonds is 4. The smallest absolute Gasteiger partial charge is 0.222 e. The zero-order valence-electron chi connectivity index (χ0n) is 11.1. The molecule has 8 nitrogen and oxygen atoms in total. The Morgan fingerprint density at radius 1 is 1.19 bits per heavy atom. The predicted molar refractivity (Wildman–Crippen MR) is 77.3 cm³/mol. The van der Waals surface area contributed by atoms with E-state index >= 15 is 0 Å². The maximum absolute atomic E-state index is 10.9. The standard InChI is InChI=1S/C13H13N5O3/c1-8(19)17-12-5-13(15-7-14-12)18-16-6-9-2-3-10(20)11(21)4-9/h2-7,20-21H,1H3,(H2,14,15,17,18,19). The number of carbonyl (C=O) groups excluding carboxylic acids is 1. The molecule has 0 bridgehead atoms. The highest BCUT2D eigenvalue weighted by atomic mass is 16.3. The Hall–Kier alpha value is -3.16. The molecule has 4 N–H and O–H groups in total. The Bertz CT molecular complexity index is 687. The summed E-state index contributed by atoms with van der Waals surface area (Å²) in [7, 11) is 0. The van der Waals surface area contributed by atoms with E-state index in [1.165, 1.54) is 37.7 Å². The Balaban J connectivity index is 2.03. The van der Waals surface area contributed by atoms with Crippen molar-refractivity contribution < 1.29 is 15.0 Å². The zero-order chi connectivity index (χ0) is 15.2. The van der Waals surface area contributed by atoms with Gasteiger partial charge >= 0.3 is 0 Å². The molecule has 1 aromatic heterocycles. The summed E-state index contributed by atoms with van der Waals surface area (Å²) in [6.45, 7) is 1.38. The second kappa shape index (κ2) is 6.33. The normalized spacial score (nSPS) is 10.5. The summed E-state index contributed by atoms with van der Waals surface area (Å²) in [5.74, 6) is 0.0954. The largest absolute Gasteiger partial charge is 0.504 e. The van der Waals surface area contributed by atoms with Crippen LogP contribution in [0.5, 0.6) is 11.5 Å². The number of nitrogens with one attached hydrogen (secondary N) is 2. The van der Waals surface area contributed by atoms with Gasteiger partial charge in [0.2, 0.25) is 5.91 Å². The van der Waals surface area contributed by atoms with Gasteiger partial charge in [0.25, 0.3) is 0 Å². The van der Waals surface area contributed by atoms with Crippen LogP contribution in [0.3, 0.4) is 0 Å². The number of nitrogens with zero attached hydrogens (tertiary/aromatic N) is 3. The minimum Gasteiger partial charge on any atom is -0.504 e. The fourth-order valence-electron chi connectivity index (χ4n) is 1.46. The molecule has 0 saturated heterocycles. The average Bonchev–Trinajstić information content (AvgIpc) is 2.42. The van der Waals surface area contributed by atoms with Crippen LogP contribution >= 0.6 is 0 Å². The van der Waals surface area contributed by atoms with E-state index in [0.29, 0.717) is 17.2 Å². The van der Waals surface area contributed by atoms with Gasteiger partial charge in [0.1, 0.15) is 12.1 Å². The summed E-state index contributed by atoms with van der Waals surface area (Å²) in [6.07, 6.45) is 2.73. The fourth-order valence-corrected chi connectivity index (χ4v) is 1.46. The molecule has 0 saturated carbocycles. The van der Waals surface area contributed by atoms with Gasteiger partial charge in [-0.05, 0) is 23.8 Å². The quantitative estimate of drug-likeness (QED) is 0.382. The molecule has 8 heteroatoms. The van der Waals surface area contributed by atoms with Crippen molar-refractivity contribution in [2.75, 3.05) is 10.7 Å². The molecule has 0 spiro atoms. The molecular weight excluding hydrogens is 274 g/mol. The summed E-state index contributed by atoms with van der Waals surface area (Å²) in [5.41, 5.74) is 3.26. The van der Waals surface area contributed by atoms with Crippen LogP contribution in [0.15, 0.2) is 35.7 Å². The lowest BCUT2D eigenvalue weighted by Crippen LogP contribution is -2.08. The van der Waals surface area contributed by atoms with Gasteiger partial charge in [-0.2, -0.15) is 5.10 Å². The van der Waals surface area contributed by atoms with Crippen molar-refractivity contribution in [2.24, 2.45) is 5.10 Å². The second-order valence-corrected chi connectivity index (χ2v) is 4.09. The Morgan fingerprint density at radius 3 is 2.67 bits per heavy atom. The van der Waals surface area contributed by atoms with Gasteiger partial charge in [-0.3, -0.25) is 10.2 Å². The maximum atomic E-state index is 10.9. The topological polar surface area (TPSA) is 120 Å². The van der Waals surface area contributed by atoms with E-state index in [1.54, 1.807) is 6.07 Å².